The van der Waals surface area contributed by atoms with Crippen molar-refractivity contribution < 1.29 is 4.79 Å². The zero-order valence-electron chi connectivity index (χ0n) is 10.9. The van der Waals surface area contributed by atoms with Crippen molar-refractivity contribution in [1.29, 1.82) is 0 Å². The molecule has 0 aliphatic heterocycles. The number of unbranched alkanes of at least 4 members (excludes halogenated alkanes) is 1. The number of hydrogen-bond acceptors (Lipinski definition) is 2. The maximum atomic E-state index is 12.1. The second-order valence-corrected chi connectivity index (χ2v) is 5.28. The molecule has 0 aromatic heterocycles. The molecule has 0 radical (unpaired) electrons. The average molecular weight is 226 g/mol. The molecule has 1 fully saturated rings. The van der Waals surface area contributed by atoms with Gasteiger partial charge >= 0.3 is 0 Å². The molecule has 1 saturated carbocycles. The first-order chi connectivity index (χ1) is 7.56. The van der Waals surface area contributed by atoms with Gasteiger partial charge in [-0.1, -0.05) is 27.2 Å². The second-order valence-electron chi connectivity index (χ2n) is 5.28. The summed E-state index contributed by atoms with van der Waals surface area (Å²) in [7, 11) is 0. The first-order valence-electron chi connectivity index (χ1n) is 6.61. The number of nitrogens with two attached hydrogens (primary N) is 1. The highest BCUT2D eigenvalue weighted by atomic mass is 16.2. The molecule has 3 nitrogen and oxygen atoms in total. The van der Waals surface area contributed by atoms with Gasteiger partial charge in [-0.2, -0.15) is 0 Å². The number of amides is 1. The largest absolute Gasteiger partial charge is 0.340 e. The van der Waals surface area contributed by atoms with Gasteiger partial charge < -0.3 is 10.6 Å². The molecule has 0 aromatic rings. The fourth-order valence-corrected chi connectivity index (χ4v) is 1.78. The Morgan fingerprint density at radius 2 is 2.06 bits per heavy atom. The lowest BCUT2D eigenvalue weighted by atomic mass is 10.0. The lowest BCUT2D eigenvalue weighted by Gasteiger charge is -2.25. The Balaban J connectivity index is 2.40. The van der Waals surface area contributed by atoms with Crippen LogP contribution in [0.15, 0.2) is 0 Å². The van der Waals surface area contributed by atoms with Gasteiger partial charge in [-0.05, 0) is 25.2 Å². The Bertz CT molecular complexity index is 224. The normalized spacial score (nSPS) is 17.6. The zero-order chi connectivity index (χ0) is 12.1. The van der Waals surface area contributed by atoms with Crippen molar-refractivity contribution in [3.05, 3.63) is 0 Å². The first kappa shape index (κ1) is 13.5. The third kappa shape index (κ3) is 4.12. The third-order valence-corrected chi connectivity index (χ3v) is 3.33. The zero-order valence-corrected chi connectivity index (χ0v) is 10.9. The Labute approximate surface area is 99.4 Å². The molecule has 1 aliphatic carbocycles. The van der Waals surface area contributed by atoms with Crippen LogP contribution in [0.2, 0.25) is 0 Å². The van der Waals surface area contributed by atoms with Gasteiger partial charge in [0.15, 0.2) is 0 Å². The van der Waals surface area contributed by atoms with Crippen molar-refractivity contribution in [3.8, 4) is 0 Å². The number of rotatable bonds is 7. The van der Waals surface area contributed by atoms with Gasteiger partial charge in [0, 0.05) is 25.0 Å². The molecule has 0 bridgehead atoms. The summed E-state index contributed by atoms with van der Waals surface area (Å²) >= 11 is 0. The van der Waals surface area contributed by atoms with Crippen LogP contribution in [0.3, 0.4) is 0 Å². The second kappa shape index (κ2) is 6.24. The van der Waals surface area contributed by atoms with E-state index in [-0.39, 0.29) is 11.9 Å². The van der Waals surface area contributed by atoms with E-state index in [0.29, 0.717) is 18.4 Å². The van der Waals surface area contributed by atoms with Gasteiger partial charge in [-0.15, -0.1) is 0 Å². The molecule has 1 amide bonds. The minimum atomic E-state index is 0.00961. The molecule has 0 spiro atoms. The molecular weight excluding hydrogens is 200 g/mol. The lowest BCUT2D eigenvalue weighted by molar-refractivity contribution is -0.132. The molecule has 0 heterocycles. The summed E-state index contributed by atoms with van der Waals surface area (Å²) in [5, 5.41) is 0. The SMILES string of the molecule is CCCCN(C(=O)CC(N)C(C)C)C1CC1. The van der Waals surface area contributed by atoms with Crippen LogP contribution in [-0.2, 0) is 4.79 Å². The van der Waals surface area contributed by atoms with Crippen LogP contribution < -0.4 is 5.73 Å². The van der Waals surface area contributed by atoms with Gasteiger partial charge in [-0.25, -0.2) is 0 Å². The maximum absolute atomic E-state index is 12.1. The summed E-state index contributed by atoms with van der Waals surface area (Å²) in [6.45, 7) is 7.23. The van der Waals surface area contributed by atoms with Gasteiger partial charge in [-0.3, -0.25) is 4.79 Å². The summed E-state index contributed by atoms with van der Waals surface area (Å²) in [6.07, 6.45) is 5.14. The summed E-state index contributed by atoms with van der Waals surface area (Å²) in [5.74, 6) is 0.647. The van der Waals surface area contributed by atoms with E-state index in [4.69, 9.17) is 5.73 Å². The van der Waals surface area contributed by atoms with Crippen molar-refractivity contribution in [1.82, 2.24) is 4.90 Å². The Morgan fingerprint density at radius 1 is 1.44 bits per heavy atom. The molecule has 16 heavy (non-hydrogen) atoms. The fourth-order valence-electron chi connectivity index (χ4n) is 1.78. The monoisotopic (exact) mass is 226 g/mol. The van der Waals surface area contributed by atoms with E-state index in [1.165, 1.54) is 12.8 Å². The van der Waals surface area contributed by atoms with E-state index < -0.39 is 0 Å². The average Bonchev–Trinajstić information content (AvgIpc) is 3.02. The number of nitrogens with zero attached hydrogens (tertiary/aromatic N) is 1. The smallest absolute Gasteiger partial charge is 0.224 e. The molecule has 3 heteroatoms. The molecular formula is C13H26N2O. The van der Waals surface area contributed by atoms with Gasteiger partial charge in [0.2, 0.25) is 5.91 Å². The molecule has 1 rings (SSSR count). The van der Waals surface area contributed by atoms with E-state index in [0.717, 1.165) is 19.4 Å². The predicted octanol–water partition coefficient (Wildman–Crippen LogP) is 2.15. The van der Waals surface area contributed by atoms with Crippen LogP contribution in [0.25, 0.3) is 0 Å². The highest BCUT2D eigenvalue weighted by molar-refractivity contribution is 5.77. The first-order valence-corrected chi connectivity index (χ1v) is 6.61. The summed E-state index contributed by atoms with van der Waals surface area (Å²) < 4.78 is 0. The van der Waals surface area contributed by atoms with Gasteiger partial charge in [0.1, 0.15) is 0 Å². The Morgan fingerprint density at radius 3 is 2.50 bits per heavy atom. The van der Waals surface area contributed by atoms with Crippen LogP contribution in [0.1, 0.15) is 52.9 Å². The molecule has 94 valence electrons. The molecule has 2 N–H and O–H groups in total. The topological polar surface area (TPSA) is 46.3 Å². The Hall–Kier alpha value is -0.570. The van der Waals surface area contributed by atoms with Crippen LogP contribution in [0, 0.1) is 5.92 Å². The van der Waals surface area contributed by atoms with Crippen LogP contribution in [0.4, 0.5) is 0 Å². The predicted molar refractivity (Wildman–Crippen MR) is 67.1 cm³/mol. The van der Waals surface area contributed by atoms with Crippen LogP contribution in [0.5, 0.6) is 0 Å². The van der Waals surface area contributed by atoms with Crippen molar-refractivity contribution in [2.45, 2.75) is 65.0 Å². The molecule has 1 aliphatic rings. The van der Waals surface area contributed by atoms with E-state index in [1.807, 2.05) is 0 Å². The van der Waals surface area contributed by atoms with Gasteiger partial charge in [0.25, 0.3) is 0 Å². The van der Waals surface area contributed by atoms with E-state index in [2.05, 4.69) is 25.7 Å². The molecule has 1 unspecified atom stereocenters. The summed E-state index contributed by atoms with van der Waals surface area (Å²) in [4.78, 5) is 14.2. The number of carbonyl (C=O) groups is 1. The highest BCUT2D eigenvalue weighted by Crippen LogP contribution is 2.28. The maximum Gasteiger partial charge on any atom is 0.224 e. The van der Waals surface area contributed by atoms with Crippen molar-refractivity contribution in [2.75, 3.05) is 6.54 Å². The van der Waals surface area contributed by atoms with Crippen molar-refractivity contribution in [2.24, 2.45) is 11.7 Å². The quantitative estimate of drug-likeness (QED) is 0.723. The molecule has 0 saturated heterocycles. The standard InChI is InChI=1S/C13H26N2O/c1-4-5-8-15(11-6-7-11)13(16)9-12(14)10(2)3/h10-12H,4-9,14H2,1-3H3. The van der Waals surface area contributed by atoms with E-state index >= 15 is 0 Å². The summed E-state index contributed by atoms with van der Waals surface area (Å²) in [5.41, 5.74) is 5.96. The minimum Gasteiger partial charge on any atom is -0.340 e. The Kier molecular flexibility index (Phi) is 5.26. The van der Waals surface area contributed by atoms with Crippen molar-refractivity contribution >= 4 is 5.91 Å². The number of hydrogen-bond donors (Lipinski definition) is 1. The highest BCUT2D eigenvalue weighted by Gasteiger charge is 2.32. The van der Waals surface area contributed by atoms with Crippen LogP contribution >= 0.6 is 0 Å². The van der Waals surface area contributed by atoms with E-state index in [1.54, 1.807) is 0 Å². The summed E-state index contributed by atoms with van der Waals surface area (Å²) in [6, 6.07) is 0.536. The minimum absolute atomic E-state index is 0.00961. The van der Waals surface area contributed by atoms with E-state index in [9.17, 15) is 4.79 Å². The third-order valence-electron chi connectivity index (χ3n) is 3.33. The number of carbonyl (C=O) groups excluding carboxylic acids is 1. The van der Waals surface area contributed by atoms with Crippen molar-refractivity contribution in [3.63, 3.8) is 0 Å². The molecule has 1 atom stereocenters. The molecule has 0 aromatic carbocycles. The van der Waals surface area contributed by atoms with Crippen LogP contribution in [-0.4, -0.2) is 29.4 Å². The van der Waals surface area contributed by atoms with Gasteiger partial charge in [0.05, 0.1) is 0 Å². The lowest BCUT2D eigenvalue weighted by Crippen LogP contribution is -2.39. The fraction of sp³-hybridized carbons (Fsp3) is 0.923.